The molecule has 1 N–H and O–H groups in total. The molecule has 1 aliphatic heterocycles. The summed E-state index contributed by atoms with van der Waals surface area (Å²) in [6.07, 6.45) is 2.78. The molecule has 0 bridgehead atoms. The van der Waals surface area contributed by atoms with Gasteiger partial charge in [0.2, 0.25) is 10.0 Å². The SMILES string of the molecule is O=S(=O)(c1ccc(Cl)nc1)N1CCC(c2nc3ccccc3[nH]2)CC1. The molecule has 0 saturated carbocycles. The predicted molar refractivity (Wildman–Crippen MR) is 96.1 cm³/mol. The van der Waals surface area contributed by atoms with Crippen molar-refractivity contribution >= 4 is 32.7 Å². The topological polar surface area (TPSA) is 79.0 Å². The summed E-state index contributed by atoms with van der Waals surface area (Å²) >= 11 is 5.74. The zero-order valence-electron chi connectivity index (χ0n) is 13.4. The molecule has 0 spiro atoms. The molecule has 1 aromatic carbocycles. The minimum atomic E-state index is -3.53. The van der Waals surface area contributed by atoms with E-state index < -0.39 is 10.0 Å². The van der Waals surface area contributed by atoms with Gasteiger partial charge in [0.1, 0.15) is 15.9 Å². The number of hydrogen-bond acceptors (Lipinski definition) is 4. The van der Waals surface area contributed by atoms with Gasteiger partial charge in [0, 0.05) is 25.2 Å². The van der Waals surface area contributed by atoms with Gasteiger partial charge in [-0.2, -0.15) is 4.31 Å². The van der Waals surface area contributed by atoms with Crippen LogP contribution in [-0.2, 0) is 10.0 Å². The Kier molecular flexibility index (Phi) is 4.23. The van der Waals surface area contributed by atoms with Crippen LogP contribution in [0.2, 0.25) is 5.15 Å². The summed E-state index contributed by atoms with van der Waals surface area (Å²) in [5.41, 5.74) is 1.96. The molecule has 0 atom stereocenters. The van der Waals surface area contributed by atoms with Gasteiger partial charge >= 0.3 is 0 Å². The highest BCUT2D eigenvalue weighted by atomic mass is 35.5. The minimum Gasteiger partial charge on any atom is -0.342 e. The van der Waals surface area contributed by atoms with Crippen LogP contribution in [0.1, 0.15) is 24.6 Å². The number of aromatic nitrogens is 3. The lowest BCUT2D eigenvalue weighted by molar-refractivity contribution is 0.314. The highest BCUT2D eigenvalue weighted by Crippen LogP contribution is 2.30. The smallest absolute Gasteiger partial charge is 0.244 e. The molecule has 0 radical (unpaired) electrons. The number of rotatable bonds is 3. The van der Waals surface area contributed by atoms with E-state index in [-0.39, 0.29) is 16.0 Å². The number of sulfonamides is 1. The molecule has 4 rings (SSSR count). The van der Waals surface area contributed by atoms with E-state index in [9.17, 15) is 8.42 Å². The second-order valence-electron chi connectivity index (χ2n) is 6.13. The first-order valence-corrected chi connectivity index (χ1v) is 9.92. The van der Waals surface area contributed by atoms with Crippen LogP contribution >= 0.6 is 11.6 Å². The summed E-state index contributed by atoms with van der Waals surface area (Å²) < 4.78 is 26.9. The van der Waals surface area contributed by atoms with Crippen LogP contribution in [0.3, 0.4) is 0 Å². The molecule has 6 nitrogen and oxygen atoms in total. The van der Waals surface area contributed by atoms with Gasteiger partial charge in [-0.3, -0.25) is 0 Å². The third-order valence-electron chi connectivity index (χ3n) is 4.59. The van der Waals surface area contributed by atoms with E-state index in [1.165, 1.54) is 22.6 Å². The Morgan fingerprint density at radius 2 is 1.88 bits per heavy atom. The average molecular weight is 377 g/mol. The highest BCUT2D eigenvalue weighted by molar-refractivity contribution is 7.89. The van der Waals surface area contributed by atoms with Crippen molar-refractivity contribution in [3.05, 3.63) is 53.6 Å². The van der Waals surface area contributed by atoms with E-state index in [0.717, 1.165) is 29.7 Å². The zero-order chi connectivity index (χ0) is 17.4. The maximum absolute atomic E-state index is 12.7. The van der Waals surface area contributed by atoms with Crippen molar-refractivity contribution in [2.45, 2.75) is 23.7 Å². The second kappa shape index (κ2) is 6.40. The third-order valence-corrected chi connectivity index (χ3v) is 6.69. The Labute approximate surface area is 150 Å². The van der Waals surface area contributed by atoms with Gasteiger partial charge in [0.25, 0.3) is 0 Å². The first-order chi connectivity index (χ1) is 12.0. The number of H-pyrrole nitrogens is 1. The Hall–Kier alpha value is -1.96. The molecule has 0 aliphatic carbocycles. The number of halogens is 1. The molecule has 3 heterocycles. The van der Waals surface area contributed by atoms with Crippen molar-refractivity contribution in [3.63, 3.8) is 0 Å². The van der Waals surface area contributed by atoms with Crippen LogP contribution in [0.4, 0.5) is 0 Å². The van der Waals surface area contributed by atoms with Gasteiger partial charge < -0.3 is 4.98 Å². The largest absolute Gasteiger partial charge is 0.342 e. The number of benzene rings is 1. The minimum absolute atomic E-state index is 0.180. The first kappa shape index (κ1) is 16.5. The molecule has 1 aliphatic rings. The summed E-state index contributed by atoms with van der Waals surface area (Å²) in [7, 11) is -3.53. The lowest BCUT2D eigenvalue weighted by Gasteiger charge is -2.30. The van der Waals surface area contributed by atoms with Gasteiger partial charge in [0.15, 0.2) is 0 Å². The van der Waals surface area contributed by atoms with Crippen molar-refractivity contribution in [1.29, 1.82) is 0 Å². The van der Waals surface area contributed by atoms with Crippen LogP contribution in [0.5, 0.6) is 0 Å². The van der Waals surface area contributed by atoms with E-state index in [0.29, 0.717) is 13.1 Å². The molecular formula is C17H17ClN4O2S. The molecule has 1 fully saturated rings. The Morgan fingerprint density at radius 3 is 2.56 bits per heavy atom. The van der Waals surface area contributed by atoms with Gasteiger partial charge in [-0.05, 0) is 37.1 Å². The van der Waals surface area contributed by atoms with Crippen molar-refractivity contribution in [1.82, 2.24) is 19.3 Å². The lowest BCUT2D eigenvalue weighted by Crippen LogP contribution is -2.38. The normalized spacial score (nSPS) is 17.2. The Morgan fingerprint density at radius 1 is 1.12 bits per heavy atom. The van der Waals surface area contributed by atoms with Crippen molar-refractivity contribution < 1.29 is 8.42 Å². The molecule has 1 saturated heterocycles. The molecular weight excluding hydrogens is 360 g/mol. The second-order valence-corrected chi connectivity index (χ2v) is 8.46. The molecule has 2 aromatic heterocycles. The number of imidazole rings is 1. The Balaban J connectivity index is 1.50. The van der Waals surface area contributed by atoms with Gasteiger partial charge in [-0.15, -0.1) is 0 Å². The van der Waals surface area contributed by atoms with Gasteiger partial charge in [0.05, 0.1) is 11.0 Å². The van der Waals surface area contributed by atoms with E-state index in [4.69, 9.17) is 11.6 Å². The van der Waals surface area contributed by atoms with Crippen molar-refractivity contribution in [2.24, 2.45) is 0 Å². The Bertz CT molecular complexity index is 960. The standard InChI is InChI=1S/C17H17ClN4O2S/c18-16-6-5-13(11-19-16)25(23,24)22-9-7-12(8-10-22)17-20-14-3-1-2-4-15(14)21-17/h1-6,11-12H,7-10H2,(H,20,21). The van der Waals surface area contributed by atoms with Crippen LogP contribution in [0.15, 0.2) is 47.5 Å². The molecule has 3 aromatic rings. The van der Waals surface area contributed by atoms with Crippen LogP contribution in [0, 0.1) is 0 Å². The van der Waals surface area contributed by atoms with Crippen LogP contribution in [-0.4, -0.2) is 40.8 Å². The number of para-hydroxylation sites is 2. The number of nitrogens with zero attached hydrogens (tertiary/aromatic N) is 3. The van der Waals surface area contributed by atoms with E-state index in [2.05, 4.69) is 15.0 Å². The molecule has 130 valence electrons. The van der Waals surface area contributed by atoms with E-state index in [1.54, 1.807) is 0 Å². The maximum atomic E-state index is 12.7. The predicted octanol–water partition coefficient (Wildman–Crippen LogP) is 3.18. The fourth-order valence-corrected chi connectivity index (χ4v) is 4.73. The third kappa shape index (κ3) is 3.15. The summed E-state index contributed by atoms with van der Waals surface area (Å²) in [5.74, 6) is 1.17. The van der Waals surface area contributed by atoms with Crippen LogP contribution < -0.4 is 0 Å². The highest BCUT2D eigenvalue weighted by Gasteiger charge is 2.31. The number of fused-ring (bicyclic) bond motifs is 1. The number of nitrogens with one attached hydrogen (secondary N) is 1. The number of aromatic amines is 1. The molecule has 25 heavy (non-hydrogen) atoms. The fourth-order valence-electron chi connectivity index (χ4n) is 3.20. The maximum Gasteiger partial charge on any atom is 0.244 e. The summed E-state index contributed by atoms with van der Waals surface area (Å²) in [4.78, 5) is 12.0. The fraction of sp³-hybridized carbons (Fsp3) is 0.294. The number of piperidine rings is 1. The lowest BCUT2D eigenvalue weighted by atomic mass is 9.97. The summed E-state index contributed by atoms with van der Waals surface area (Å²) in [5, 5.41) is 0.280. The quantitative estimate of drug-likeness (QED) is 0.712. The molecule has 0 unspecified atom stereocenters. The first-order valence-electron chi connectivity index (χ1n) is 8.10. The molecule has 8 heteroatoms. The van der Waals surface area contributed by atoms with Gasteiger partial charge in [-0.25, -0.2) is 18.4 Å². The summed E-state index contributed by atoms with van der Waals surface area (Å²) in [6.45, 7) is 0.930. The van der Waals surface area contributed by atoms with E-state index in [1.807, 2.05) is 24.3 Å². The van der Waals surface area contributed by atoms with Crippen LogP contribution in [0.25, 0.3) is 11.0 Å². The zero-order valence-corrected chi connectivity index (χ0v) is 15.0. The van der Waals surface area contributed by atoms with Gasteiger partial charge in [-0.1, -0.05) is 23.7 Å². The van der Waals surface area contributed by atoms with E-state index >= 15 is 0 Å². The number of pyridine rings is 1. The average Bonchev–Trinajstić information content (AvgIpc) is 3.06. The van der Waals surface area contributed by atoms with Crippen molar-refractivity contribution in [2.75, 3.05) is 13.1 Å². The summed E-state index contributed by atoms with van der Waals surface area (Å²) in [6, 6.07) is 10.9. The number of hydrogen-bond donors (Lipinski definition) is 1. The monoisotopic (exact) mass is 376 g/mol. The molecule has 0 amide bonds. The van der Waals surface area contributed by atoms with Crippen molar-refractivity contribution in [3.8, 4) is 0 Å².